The van der Waals surface area contributed by atoms with Crippen molar-refractivity contribution in [3.05, 3.63) is 35.4 Å². The van der Waals surface area contributed by atoms with Gasteiger partial charge in [-0.1, -0.05) is 44.0 Å². The van der Waals surface area contributed by atoms with Crippen molar-refractivity contribution in [1.29, 1.82) is 0 Å². The molecule has 0 radical (unpaired) electrons. The van der Waals surface area contributed by atoms with Gasteiger partial charge >= 0.3 is 6.03 Å². The molecule has 0 spiro atoms. The monoisotopic (exact) mass is 357 g/mol. The molecule has 2 aliphatic rings. The molecule has 26 heavy (non-hydrogen) atoms. The van der Waals surface area contributed by atoms with Crippen molar-refractivity contribution in [2.75, 3.05) is 13.1 Å². The van der Waals surface area contributed by atoms with E-state index in [0.717, 1.165) is 38.6 Å². The molecule has 5 heteroatoms. The number of benzene rings is 1. The zero-order valence-corrected chi connectivity index (χ0v) is 15.8. The summed E-state index contributed by atoms with van der Waals surface area (Å²) in [5.74, 6) is 0.0467. The molecule has 3 amide bonds. The van der Waals surface area contributed by atoms with E-state index in [4.69, 9.17) is 0 Å². The second-order valence-electron chi connectivity index (χ2n) is 7.48. The number of hydrogen-bond acceptors (Lipinski definition) is 2. The number of amides is 3. The quantitative estimate of drug-likeness (QED) is 0.784. The third-order valence-corrected chi connectivity index (χ3v) is 5.55. The van der Waals surface area contributed by atoms with Crippen LogP contribution in [-0.2, 0) is 11.2 Å². The van der Waals surface area contributed by atoms with Crippen LogP contribution in [0.15, 0.2) is 24.3 Å². The molecule has 142 valence electrons. The van der Waals surface area contributed by atoms with Crippen LogP contribution in [-0.4, -0.2) is 36.0 Å². The van der Waals surface area contributed by atoms with Crippen LogP contribution in [0.1, 0.15) is 69.0 Å². The Morgan fingerprint density at radius 1 is 1.15 bits per heavy atom. The van der Waals surface area contributed by atoms with Gasteiger partial charge in [0, 0.05) is 25.6 Å². The smallest absolute Gasteiger partial charge is 0.317 e. The van der Waals surface area contributed by atoms with Crippen LogP contribution in [0.2, 0.25) is 0 Å². The van der Waals surface area contributed by atoms with Crippen molar-refractivity contribution < 1.29 is 9.59 Å². The van der Waals surface area contributed by atoms with Crippen molar-refractivity contribution in [1.82, 2.24) is 15.5 Å². The van der Waals surface area contributed by atoms with Gasteiger partial charge in [0.25, 0.3) is 0 Å². The van der Waals surface area contributed by atoms with Crippen molar-refractivity contribution in [3.8, 4) is 0 Å². The van der Waals surface area contributed by atoms with Crippen LogP contribution in [0.25, 0.3) is 0 Å². The number of nitrogens with zero attached hydrogens (tertiary/aromatic N) is 1. The van der Waals surface area contributed by atoms with Crippen LogP contribution >= 0.6 is 0 Å². The van der Waals surface area contributed by atoms with Gasteiger partial charge in [-0.15, -0.1) is 0 Å². The van der Waals surface area contributed by atoms with Crippen LogP contribution in [0, 0.1) is 0 Å². The number of nitrogens with one attached hydrogen (secondary N) is 2. The third-order valence-electron chi connectivity index (χ3n) is 5.55. The van der Waals surface area contributed by atoms with E-state index in [-0.39, 0.29) is 18.0 Å². The van der Waals surface area contributed by atoms with Crippen LogP contribution in [0.5, 0.6) is 0 Å². The summed E-state index contributed by atoms with van der Waals surface area (Å²) in [6.07, 6.45) is 7.87. The van der Waals surface area contributed by atoms with Crippen molar-refractivity contribution in [2.45, 2.75) is 70.4 Å². The highest BCUT2D eigenvalue weighted by molar-refractivity contribution is 5.78. The average molecular weight is 357 g/mol. The lowest BCUT2D eigenvalue weighted by Crippen LogP contribution is -2.43. The van der Waals surface area contributed by atoms with Gasteiger partial charge in [-0.2, -0.15) is 0 Å². The Labute approximate surface area is 156 Å². The molecule has 1 atom stereocenters. The molecule has 0 bridgehead atoms. The number of urea groups is 1. The van der Waals surface area contributed by atoms with Gasteiger partial charge in [-0.3, -0.25) is 4.79 Å². The molecule has 1 fully saturated rings. The molecule has 5 nitrogen and oxygen atoms in total. The lowest BCUT2D eigenvalue weighted by Gasteiger charge is -2.29. The van der Waals surface area contributed by atoms with E-state index < -0.39 is 0 Å². The topological polar surface area (TPSA) is 61.4 Å². The average Bonchev–Trinajstić information content (AvgIpc) is 3.29. The highest BCUT2D eigenvalue weighted by Gasteiger charge is 2.30. The van der Waals surface area contributed by atoms with Crippen molar-refractivity contribution in [3.63, 3.8) is 0 Å². The van der Waals surface area contributed by atoms with Gasteiger partial charge in [0.15, 0.2) is 0 Å². The maximum absolute atomic E-state index is 12.7. The fourth-order valence-corrected chi connectivity index (χ4v) is 4.25. The molecular weight excluding hydrogens is 326 g/mol. The Balaban J connectivity index is 1.50. The predicted octanol–water partition coefficient (Wildman–Crippen LogP) is 3.54. The minimum absolute atomic E-state index is 0.0467. The number of fused-ring (bicyclic) bond motifs is 1. The maximum Gasteiger partial charge on any atom is 0.317 e. The van der Waals surface area contributed by atoms with Gasteiger partial charge in [0.05, 0.1) is 6.04 Å². The van der Waals surface area contributed by atoms with Gasteiger partial charge in [0.1, 0.15) is 0 Å². The third kappa shape index (κ3) is 4.57. The van der Waals surface area contributed by atoms with E-state index in [9.17, 15) is 9.59 Å². The maximum atomic E-state index is 12.7. The lowest BCUT2D eigenvalue weighted by atomic mass is 10.1. The number of carbonyl (C=O) groups is 2. The van der Waals surface area contributed by atoms with E-state index in [1.807, 2.05) is 11.0 Å². The first-order valence-electron chi connectivity index (χ1n) is 10.1. The first-order valence-corrected chi connectivity index (χ1v) is 10.1. The summed E-state index contributed by atoms with van der Waals surface area (Å²) in [6.45, 7) is 3.22. The molecule has 0 heterocycles. The summed E-state index contributed by atoms with van der Waals surface area (Å²) < 4.78 is 0. The number of hydrogen-bond donors (Lipinski definition) is 2. The number of aryl methyl sites for hydroxylation is 1. The van der Waals surface area contributed by atoms with E-state index in [1.165, 1.54) is 24.0 Å². The molecule has 2 aliphatic carbocycles. The van der Waals surface area contributed by atoms with E-state index in [1.54, 1.807) is 0 Å². The summed E-state index contributed by atoms with van der Waals surface area (Å²) >= 11 is 0. The Hall–Kier alpha value is -2.04. The highest BCUT2D eigenvalue weighted by Crippen LogP contribution is 2.35. The zero-order chi connectivity index (χ0) is 18.4. The first kappa shape index (κ1) is 18.7. The standard InChI is InChI=1S/C21H31N3O2/c1-2-15-24(19-12-11-16-7-3-6-10-18(16)19)21(26)22-14-13-20(25)23-17-8-4-5-9-17/h3,6-7,10,17,19H,2,4-5,8-9,11-15H2,1H3,(H,22,26)(H,23,25)/t19-/m1/s1. The van der Waals surface area contributed by atoms with E-state index in [0.29, 0.717) is 19.0 Å². The Bertz CT molecular complexity index is 625. The SMILES string of the molecule is CCCN(C(=O)NCCC(=O)NC1CCCC1)[C@@H]1CCc2ccccc21. The molecule has 0 unspecified atom stereocenters. The summed E-state index contributed by atoms with van der Waals surface area (Å²) in [6, 6.07) is 8.84. The summed E-state index contributed by atoms with van der Waals surface area (Å²) in [7, 11) is 0. The molecule has 0 aliphatic heterocycles. The number of carbonyl (C=O) groups excluding carboxylic acids is 2. The zero-order valence-electron chi connectivity index (χ0n) is 15.8. The lowest BCUT2D eigenvalue weighted by molar-refractivity contribution is -0.121. The van der Waals surface area contributed by atoms with Crippen LogP contribution in [0.4, 0.5) is 4.79 Å². The molecule has 2 N–H and O–H groups in total. The Kier molecular flexibility index (Phi) is 6.53. The van der Waals surface area contributed by atoms with E-state index >= 15 is 0 Å². The predicted molar refractivity (Wildman–Crippen MR) is 103 cm³/mol. The fraction of sp³-hybridized carbons (Fsp3) is 0.619. The second kappa shape index (κ2) is 9.06. The van der Waals surface area contributed by atoms with Crippen LogP contribution in [0.3, 0.4) is 0 Å². The molecule has 1 aromatic rings. The normalized spacial score (nSPS) is 19.2. The molecule has 0 saturated heterocycles. The Morgan fingerprint density at radius 3 is 2.69 bits per heavy atom. The molecular formula is C21H31N3O2. The van der Waals surface area contributed by atoms with Gasteiger partial charge in [-0.25, -0.2) is 4.79 Å². The largest absolute Gasteiger partial charge is 0.353 e. The summed E-state index contributed by atoms with van der Waals surface area (Å²) in [5.41, 5.74) is 2.62. The van der Waals surface area contributed by atoms with Gasteiger partial charge in [0.2, 0.25) is 5.91 Å². The minimum Gasteiger partial charge on any atom is -0.353 e. The summed E-state index contributed by atoms with van der Waals surface area (Å²) in [4.78, 5) is 26.7. The molecule has 0 aromatic heterocycles. The van der Waals surface area contributed by atoms with Crippen molar-refractivity contribution in [2.24, 2.45) is 0 Å². The summed E-state index contributed by atoms with van der Waals surface area (Å²) in [5, 5.41) is 6.03. The Morgan fingerprint density at radius 2 is 1.92 bits per heavy atom. The molecule has 1 saturated carbocycles. The second-order valence-corrected chi connectivity index (χ2v) is 7.48. The number of rotatable bonds is 7. The fourth-order valence-electron chi connectivity index (χ4n) is 4.25. The van der Waals surface area contributed by atoms with Gasteiger partial charge in [-0.05, 0) is 43.2 Å². The van der Waals surface area contributed by atoms with Crippen LogP contribution < -0.4 is 10.6 Å². The molecule has 1 aromatic carbocycles. The minimum atomic E-state index is -0.0535. The highest BCUT2D eigenvalue weighted by atomic mass is 16.2. The molecule has 3 rings (SSSR count). The van der Waals surface area contributed by atoms with Gasteiger partial charge < -0.3 is 15.5 Å². The van der Waals surface area contributed by atoms with E-state index in [2.05, 4.69) is 35.8 Å². The van der Waals surface area contributed by atoms with Crippen molar-refractivity contribution >= 4 is 11.9 Å². The first-order chi connectivity index (χ1) is 12.7.